The molecule has 3 heteroatoms. The number of para-hydroxylation sites is 2. The second kappa shape index (κ2) is 5.68. The molecule has 2 aromatic carbocycles. The highest BCUT2D eigenvalue weighted by atomic mass is 16.2. The van der Waals surface area contributed by atoms with Crippen LogP contribution in [-0.4, -0.2) is 10.9 Å². The number of H-pyrrole nitrogens is 1. The van der Waals surface area contributed by atoms with Crippen LogP contribution in [0.4, 0.5) is 5.69 Å². The molecule has 120 valence electrons. The first-order valence-corrected chi connectivity index (χ1v) is 8.31. The van der Waals surface area contributed by atoms with Crippen molar-refractivity contribution in [1.29, 1.82) is 0 Å². The number of benzene rings is 2. The van der Waals surface area contributed by atoms with Crippen molar-refractivity contribution in [2.45, 2.75) is 26.3 Å². The highest BCUT2D eigenvalue weighted by molar-refractivity contribution is 6.04. The van der Waals surface area contributed by atoms with Crippen molar-refractivity contribution >= 4 is 22.5 Å². The molecule has 0 saturated heterocycles. The molecule has 0 fully saturated rings. The third kappa shape index (κ3) is 2.16. The van der Waals surface area contributed by atoms with Gasteiger partial charge in [0.1, 0.15) is 0 Å². The van der Waals surface area contributed by atoms with E-state index in [-0.39, 0.29) is 11.9 Å². The van der Waals surface area contributed by atoms with E-state index in [1.807, 2.05) is 42.2 Å². The molecule has 0 unspecified atom stereocenters. The maximum atomic E-state index is 12.8. The Morgan fingerprint density at radius 2 is 1.92 bits per heavy atom. The van der Waals surface area contributed by atoms with Gasteiger partial charge >= 0.3 is 0 Å². The molecule has 0 aliphatic carbocycles. The number of aryl methyl sites for hydroxylation is 1. The Hall–Kier alpha value is -2.81. The third-order valence-corrected chi connectivity index (χ3v) is 4.80. The van der Waals surface area contributed by atoms with Gasteiger partial charge in [-0.3, -0.25) is 4.79 Å². The topological polar surface area (TPSA) is 36.1 Å². The first kappa shape index (κ1) is 14.8. The molecule has 24 heavy (non-hydrogen) atoms. The number of aromatic amines is 1. The highest BCUT2D eigenvalue weighted by Crippen LogP contribution is 2.43. The normalized spacial score (nSPS) is 16.9. The highest BCUT2D eigenvalue weighted by Gasteiger charge is 2.35. The summed E-state index contributed by atoms with van der Waals surface area (Å²) in [7, 11) is 0. The number of amides is 1. The van der Waals surface area contributed by atoms with Crippen molar-refractivity contribution in [2.24, 2.45) is 0 Å². The molecule has 1 aliphatic rings. The number of carbonyl (C=O) groups is 1. The minimum absolute atomic E-state index is 0.0299. The Morgan fingerprint density at radius 3 is 2.75 bits per heavy atom. The Bertz CT molecular complexity index is 951. The molecule has 0 radical (unpaired) electrons. The van der Waals surface area contributed by atoms with E-state index >= 15 is 0 Å². The summed E-state index contributed by atoms with van der Waals surface area (Å²) < 4.78 is 0. The quantitative estimate of drug-likeness (QED) is 0.684. The van der Waals surface area contributed by atoms with E-state index in [4.69, 9.17) is 0 Å². The molecule has 0 bridgehead atoms. The average molecular weight is 316 g/mol. The number of carbonyl (C=O) groups excluding carboxylic acids is 1. The lowest BCUT2D eigenvalue weighted by Gasteiger charge is -2.25. The fraction of sp³-hybridized carbons (Fsp3) is 0.190. The molecule has 0 saturated carbocycles. The zero-order valence-corrected chi connectivity index (χ0v) is 13.9. The summed E-state index contributed by atoms with van der Waals surface area (Å²) in [6.07, 6.45) is 4.31. The smallest absolute Gasteiger partial charge is 0.251 e. The Balaban J connectivity index is 1.90. The van der Waals surface area contributed by atoms with Crippen LogP contribution < -0.4 is 4.90 Å². The second-order valence-corrected chi connectivity index (χ2v) is 6.27. The van der Waals surface area contributed by atoms with Gasteiger partial charge < -0.3 is 9.88 Å². The number of allylic oxidation sites excluding steroid dienone is 1. The van der Waals surface area contributed by atoms with Gasteiger partial charge in [-0.15, -0.1) is 0 Å². The molecule has 1 aromatic heterocycles. The van der Waals surface area contributed by atoms with Gasteiger partial charge in [-0.1, -0.05) is 42.5 Å². The molecule has 3 aromatic rings. The lowest BCUT2D eigenvalue weighted by Crippen LogP contribution is -2.30. The fourth-order valence-electron chi connectivity index (χ4n) is 3.84. The van der Waals surface area contributed by atoms with Crippen LogP contribution in [0.5, 0.6) is 0 Å². The predicted molar refractivity (Wildman–Crippen MR) is 98.2 cm³/mol. The van der Waals surface area contributed by atoms with Crippen LogP contribution in [0.15, 0.2) is 60.7 Å². The monoisotopic (exact) mass is 316 g/mol. The number of anilines is 1. The third-order valence-electron chi connectivity index (χ3n) is 4.80. The predicted octanol–water partition coefficient (Wildman–Crippen LogP) is 4.68. The van der Waals surface area contributed by atoms with E-state index in [0.29, 0.717) is 0 Å². The summed E-state index contributed by atoms with van der Waals surface area (Å²) in [6.45, 7) is 3.97. The van der Waals surface area contributed by atoms with Crippen molar-refractivity contribution in [1.82, 2.24) is 4.98 Å². The molecule has 1 amide bonds. The Morgan fingerprint density at radius 1 is 1.17 bits per heavy atom. The van der Waals surface area contributed by atoms with Crippen LogP contribution in [0.3, 0.4) is 0 Å². The van der Waals surface area contributed by atoms with Crippen molar-refractivity contribution in [3.63, 3.8) is 0 Å². The van der Waals surface area contributed by atoms with Gasteiger partial charge in [0.05, 0.1) is 6.04 Å². The van der Waals surface area contributed by atoms with E-state index in [9.17, 15) is 4.79 Å². The Labute approximate surface area is 141 Å². The van der Waals surface area contributed by atoms with Crippen molar-refractivity contribution in [3.05, 3.63) is 77.5 Å². The van der Waals surface area contributed by atoms with Gasteiger partial charge in [0.25, 0.3) is 5.91 Å². The summed E-state index contributed by atoms with van der Waals surface area (Å²) in [5.41, 5.74) is 5.73. The molecule has 3 nitrogen and oxygen atoms in total. The Kier molecular flexibility index (Phi) is 3.49. The van der Waals surface area contributed by atoms with Crippen molar-refractivity contribution in [3.8, 4) is 0 Å². The fourth-order valence-corrected chi connectivity index (χ4v) is 3.84. The van der Waals surface area contributed by atoms with Crippen LogP contribution >= 0.6 is 0 Å². The second-order valence-electron chi connectivity index (χ2n) is 6.27. The largest absolute Gasteiger partial charge is 0.358 e. The minimum Gasteiger partial charge on any atom is -0.358 e. The van der Waals surface area contributed by atoms with Gasteiger partial charge in [-0.25, -0.2) is 0 Å². The number of fused-ring (bicyclic) bond motifs is 2. The summed E-state index contributed by atoms with van der Waals surface area (Å²) in [6, 6.07) is 16.5. The van der Waals surface area contributed by atoms with Gasteiger partial charge in [-0.2, -0.15) is 0 Å². The molecule has 1 atom stereocenters. The summed E-state index contributed by atoms with van der Waals surface area (Å²) >= 11 is 0. The number of aromatic nitrogens is 1. The maximum absolute atomic E-state index is 12.8. The molecular formula is C21H20N2O. The van der Waals surface area contributed by atoms with Gasteiger partial charge in [0.2, 0.25) is 0 Å². The maximum Gasteiger partial charge on any atom is 0.251 e. The van der Waals surface area contributed by atoms with E-state index in [0.717, 1.165) is 23.3 Å². The number of rotatable bonds is 2. The van der Waals surface area contributed by atoms with E-state index in [1.54, 1.807) is 6.08 Å². The van der Waals surface area contributed by atoms with Crippen LogP contribution in [0.2, 0.25) is 0 Å². The van der Waals surface area contributed by atoms with Crippen LogP contribution in [0, 0.1) is 6.92 Å². The zero-order valence-electron chi connectivity index (χ0n) is 13.9. The zero-order chi connectivity index (χ0) is 16.7. The van der Waals surface area contributed by atoms with Crippen molar-refractivity contribution < 1.29 is 4.79 Å². The standard InChI is InChI=1S/C21H20N2O/c1-3-8-20(24)23-18-12-7-4-9-15(18)13-19(23)21-14(2)22-17-11-6-5-10-16(17)21/h3-12,19,22H,13H2,1-2H3/b8-3+/t19-/m0/s1. The first-order valence-electron chi connectivity index (χ1n) is 8.31. The van der Waals surface area contributed by atoms with Crippen molar-refractivity contribution in [2.75, 3.05) is 4.90 Å². The molecule has 4 rings (SSSR count). The van der Waals surface area contributed by atoms with E-state index in [2.05, 4.69) is 36.2 Å². The molecule has 1 N–H and O–H groups in total. The average Bonchev–Trinajstić information content (AvgIpc) is 3.11. The van der Waals surface area contributed by atoms with Crippen LogP contribution in [-0.2, 0) is 11.2 Å². The lowest BCUT2D eigenvalue weighted by atomic mass is 9.99. The van der Waals surface area contributed by atoms with Crippen LogP contribution in [0.25, 0.3) is 10.9 Å². The summed E-state index contributed by atoms with van der Waals surface area (Å²) in [4.78, 5) is 18.2. The number of nitrogens with one attached hydrogen (secondary N) is 1. The number of nitrogens with zero attached hydrogens (tertiary/aromatic N) is 1. The molecule has 2 heterocycles. The molecular weight excluding hydrogens is 296 g/mol. The molecule has 1 aliphatic heterocycles. The SMILES string of the molecule is C/C=C/C(=O)N1c2ccccc2C[C@H]1c1c(C)[nH]c2ccccc12. The minimum atomic E-state index is 0.0299. The number of hydrogen-bond donors (Lipinski definition) is 1. The number of hydrogen-bond acceptors (Lipinski definition) is 1. The van der Waals surface area contributed by atoms with E-state index < -0.39 is 0 Å². The van der Waals surface area contributed by atoms with Gasteiger partial charge in [-0.05, 0) is 44.0 Å². The summed E-state index contributed by atoms with van der Waals surface area (Å²) in [5.74, 6) is 0.0390. The first-order chi connectivity index (χ1) is 11.7. The lowest BCUT2D eigenvalue weighted by molar-refractivity contribution is -0.114. The summed E-state index contributed by atoms with van der Waals surface area (Å²) in [5, 5.41) is 1.20. The van der Waals surface area contributed by atoms with Crippen LogP contribution in [0.1, 0.15) is 29.8 Å². The van der Waals surface area contributed by atoms with Gasteiger partial charge in [0, 0.05) is 27.8 Å². The van der Waals surface area contributed by atoms with Gasteiger partial charge in [0.15, 0.2) is 0 Å². The van der Waals surface area contributed by atoms with E-state index in [1.165, 1.54) is 16.5 Å². The molecule has 0 spiro atoms.